The summed E-state index contributed by atoms with van der Waals surface area (Å²) in [6, 6.07) is 8.63. The standard InChI is InChI=1S/C17H27N3O/c1-13(2)11-20(15-8-4-5-9-15)12-14-7-3-6-10-16(14)17(18)19-21/h3,6-7,10,13,15,21H,4-5,8-9,11-12H2,1-2H3,(H2,18,19). The van der Waals surface area contributed by atoms with Crippen molar-refractivity contribution in [1.82, 2.24) is 4.90 Å². The van der Waals surface area contributed by atoms with Gasteiger partial charge in [0.2, 0.25) is 0 Å². The maximum absolute atomic E-state index is 8.95. The Morgan fingerprint density at radius 3 is 2.62 bits per heavy atom. The van der Waals surface area contributed by atoms with Gasteiger partial charge in [0.1, 0.15) is 0 Å². The van der Waals surface area contributed by atoms with Crippen LogP contribution in [0.5, 0.6) is 0 Å². The molecule has 21 heavy (non-hydrogen) atoms. The molecule has 1 aromatic carbocycles. The lowest BCUT2D eigenvalue weighted by Gasteiger charge is -2.31. The van der Waals surface area contributed by atoms with Gasteiger partial charge in [-0.1, -0.05) is 56.1 Å². The zero-order chi connectivity index (χ0) is 15.2. The van der Waals surface area contributed by atoms with Crippen LogP contribution >= 0.6 is 0 Å². The molecule has 1 aliphatic carbocycles. The maximum atomic E-state index is 8.95. The quantitative estimate of drug-likeness (QED) is 0.366. The van der Waals surface area contributed by atoms with Gasteiger partial charge in [0.15, 0.2) is 5.84 Å². The van der Waals surface area contributed by atoms with E-state index in [-0.39, 0.29) is 5.84 Å². The molecule has 0 bridgehead atoms. The number of nitrogens with two attached hydrogens (primary N) is 1. The molecule has 0 atom stereocenters. The fourth-order valence-electron chi connectivity index (χ4n) is 3.26. The van der Waals surface area contributed by atoms with Crippen molar-refractivity contribution in [2.75, 3.05) is 6.54 Å². The van der Waals surface area contributed by atoms with Crippen LogP contribution in [0, 0.1) is 5.92 Å². The molecular weight excluding hydrogens is 262 g/mol. The van der Waals surface area contributed by atoms with Gasteiger partial charge in [-0.3, -0.25) is 4.90 Å². The highest BCUT2D eigenvalue weighted by molar-refractivity contribution is 5.98. The SMILES string of the molecule is CC(C)CN(Cc1ccccc1/C(N)=N/O)C1CCCC1. The summed E-state index contributed by atoms with van der Waals surface area (Å²) in [7, 11) is 0. The van der Waals surface area contributed by atoms with Gasteiger partial charge in [-0.2, -0.15) is 0 Å². The monoisotopic (exact) mass is 289 g/mol. The van der Waals surface area contributed by atoms with E-state index in [4.69, 9.17) is 10.9 Å². The lowest BCUT2D eigenvalue weighted by molar-refractivity contribution is 0.168. The Morgan fingerprint density at radius 2 is 2.00 bits per heavy atom. The van der Waals surface area contributed by atoms with Crippen molar-refractivity contribution in [3.63, 3.8) is 0 Å². The van der Waals surface area contributed by atoms with E-state index in [0.717, 1.165) is 24.2 Å². The number of hydrogen-bond donors (Lipinski definition) is 2. The molecule has 4 heteroatoms. The Kier molecular flexibility index (Phi) is 5.62. The molecule has 1 aliphatic rings. The van der Waals surface area contributed by atoms with Crippen molar-refractivity contribution in [3.05, 3.63) is 35.4 Å². The van der Waals surface area contributed by atoms with Crippen LogP contribution in [0.2, 0.25) is 0 Å². The number of rotatable bonds is 6. The second-order valence-corrected chi connectivity index (χ2v) is 6.40. The van der Waals surface area contributed by atoms with Crippen molar-refractivity contribution in [2.24, 2.45) is 16.8 Å². The molecule has 0 saturated heterocycles. The van der Waals surface area contributed by atoms with Gasteiger partial charge in [-0.15, -0.1) is 0 Å². The molecule has 0 heterocycles. The van der Waals surface area contributed by atoms with E-state index in [9.17, 15) is 0 Å². The molecule has 1 aromatic rings. The predicted molar refractivity (Wildman–Crippen MR) is 86.5 cm³/mol. The molecule has 4 nitrogen and oxygen atoms in total. The van der Waals surface area contributed by atoms with Gasteiger partial charge in [0.05, 0.1) is 0 Å². The summed E-state index contributed by atoms with van der Waals surface area (Å²) in [6.45, 7) is 6.49. The Bertz CT molecular complexity index is 479. The number of amidine groups is 1. The fourth-order valence-corrected chi connectivity index (χ4v) is 3.26. The molecule has 0 spiro atoms. The Balaban J connectivity index is 2.19. The summed E-state index contributed by atoms with van der Waals surface area (Å²) in [5, 5.41) is 12.1. The van der Waals surface area contributed by atoms with Crippen LogP contribution in [0.3, 0.4) is 0 Å². The van der Waals surface area contributed by atoms with E-state index >= 15 is 0 Å². The lowest BCUT2D eigenvalue weighted by Crippen LogP contribution is -2.36. The van der Waals surface area contributed by atoms with Crippen molar-refractivity contribution in [2.45, 2.75) is 52.1 Å². The number of benzene rings is 1. The van der Waals surface area contributed by atoms with Crippen molar-refractivity contribution in [3.8, 4) is 0 Å². The second kappa shape index (κ2) is 7.46. The predicted octanol–water partition coefficient (Wildman–Crippen LogP) is 3.18. The fraction of sp³-hybridized carbons (Fsp3) is 0.588. The molecule has 0 unspecified atom stereocenters. The van der Waals surface area contributed by atoms with E-state index in [0.29, 0.717) is 12.0 Å². The second-order valence-electron chi connectivity index (χ2n) is 6.40. The lowest BCUT2D eigenvalue weighted by atomic mass is 10.0. The number of nitrogens with zero attached hydrogens (tertiary/aromatic N) is 2. The minimum atomic E-state index is 0.196. The molecule has 2 rings (SSSR count). The summed E-state index contributed by atoms with van der Waals surface area (Å²) in [5.74, 6) is 0.836. The average Bonchev–Trinajstić information content (AvgIpc) is 3.00. The first kappa shape index (κ1) is 15.8. The van der Waals surface area contributed by atoms with Crippen LogP contribution in [-0.2, 0) is 6.54 Å². The van der Waals surface area contributed by atoms with Gasteiger partial charge >= 0.3 is 0 Å². The van der Waals surface area contributed by atoms with Crippen LogP contribution in [0.25, 0.3) is 0 Å². The van der Waals surface area contributed by atoms with E-state index in [1.165, 1.54) is 25.7 Å². The summed E-state index contributed by atoms with van der Waals surface area (Å²) in [4.78, 5) is 2.57. The van der Waals surface area contributed by atoms with E-state index in [2.05, 4.69) is 30.0 Å². The zero-order valence-corrected chi connectivity index (χ0v) is 13.1. The molecular formula is C17H27N3O. The Labute approximate surface area is 127 Å². The smallest absolute Gasteiger partial charge is 0.170 e. The Hall–Kier alpha value is -1.55. The summed E-state index contributed by atoms with van der Waals surface area (Å²) < 4.78 is 0. The highest BCUT2D eigenvalue weighted by atomic mass is 16.4. The van der Waals surface area contributed by atoms with E-state index in [1.807, 2.05) is 18.2 Å². The molecule has 0 aromatic heterocycles. The third kappa shape index (κ3) is 4.21. The van der Waals surface area contributed by atoms with Crippen LogP contribution in [0.4, 0.5) is 0 Å². The highest BCUT2D eigenvalue weighted by Crippen LogP contribution is 2.26. The minimum Gasteiger partial charge on any atom is -0.409 e. The van der Waals surface area contributed by atoms with Crippen LogP contribution < -0.4 is 5.73 Å². The van der Waals surface area contributed by atoms with Crippen LogP contribution in [-0.4, -0.2) is 28.5 Å². The van der Waals surface area contributed by atoms with Crippen molar-refractivity contribution in [1.29, 1.82) is 0 Å². The molecule has 0 amide bonds. The Morgan fingerprint density at radius 1 is 1.33 bits per heavy atom. The number of hydrogen-bond acceptors (Lipinski definition) is 3. The minimum absolute atomic E-state index is 0.196. The third-order valence-electron chi connectivity index (χ3n) is 4.22. The van der Waals surface area contributed by atoms with Crippen molar-refractivity contribution >= 4 is 5.84 Å². The van der Waals surface area contributed by atoms with Gasteiger partial charge in [0, 0.05) is 24.7 Å². The maximum Gasteiger partial charge on any atom is 0.170 e. The van der Waals surface area contributed by atoms with Crippen molar-refractivity contribution < 1.29 is 5.21 Å². The van der Waals surface area contributed by atoms with E-state index in [1.54, 1.807) is 0 Å². The average molecular weight is 289 g/mol. The molecule has 3 N–H and O–H groups in total. The molecule has 1 fully saturated rings. The zero-order valence-electron chi connectivity index (χ0n) is 13.1. The van der Waals surface area contributed by atoms with Gasteiger partial charge in [-0.05, 0) is 24.3 Å². The summed E-state index contributed by atoms with van der Waals surface area (Å²) >= 11 is 0. The number of oxime groups is 1. The van der Waals surface area contributed by atoms with Gasteiger partial charge < -0.3 is 10.9 Å². The van der Waals surface area contributed by atoms with E-state index < -0.39 is 0 Å². The van der Waals surface area contributed by atoms with Gasteiger partial charge in [0.25, 0.3) is 0 Å². The normalized spacial score (nSPS) is 17.0. The van der Waals surface area contributed by atoms with Crippen LogP contribution in [0.1, 0.15) is 50.7 Å². The largest absolute Gasteiger partial charge is 0.409 e. The topological polar surface area (TPSA) is 61.8 Å². The molecule has 1 saturated carbocycles. The first-order valence-electron chi connectivity index (χ1n) is 7.91. The molecule has 0 radical (unpaired) electrons. The molecule has 0 aliphatic heterocycles. The summed E-state index contributed by atoms with van der Waals surface area (Å²) in [5.41, 5.74) is 7.79. The molecule has 116 valence electrons. The van der Waals surface area contributed by atoms with Gasteiger partial charge in [-0.25, -0.2) is 0 Å². The summed E-state index contributed by atoms with van der Waals surface area (Å²) in [6.07, 6.45) is 5.25. The van der Waals surface area contributed by atoms with Crippen LogP contribution in [0.15, 0.2) is 29.4 Å². The first-order chi connectivity index (χ1) is 10.1. The third-order valence-corrected chi connectivity index (χ3v) is 4.22. The highest BCUT2D eigenvalue weighted by Gasteiger charge is 2.24. The first-order valence-corrected chi connectivity index (χ1v) is 7.91.